The molecule has 1 aliphatic carbocycles. The number of rotatable bonds is 4. The van der Waals surface area contributed by atoms with Gasteiger partial charge in [-0.2, -0.15) is 0 Å². The molecule has 1 atom stereocenters. The van der Waals surface area contributed by atoms with Gasteiger partial charge in [-0.25, -0.2) is 0 Å². The summed E-state index contributed by atoms with van der Waals surface area (Å²) < 4.78 is 0. The van der Waals surface area contributed by atoms with Crippen molar-refractivity contribution < 1.29 is 9.59 Å². The van der Waals surface area contributed by atoms with E-state index in [-0.39, 0.29) is 30.3 Å². The molecule has 1 unspecified atom stereocenters. The predicted octanol–water partition coefficient (Wildman–Crippen LogP) is 4.01. The highest BCUT2D eigenvalue weighted by Gasteiger charge is 2.40. The lowest BCUT2D eigenvalue weighted by Gasteiger charge is -2.25. The first-order chi connectivity index (χ1) is 13.2. The summed E-state index contributed by atoms with van der Waals surface area (Å²) in [6.07, 6.45) is 8.88. The van der Waals surface area contributed by atoms with E-state index < -0.39 is 0 Å². The zero-order valence-electron chi connectivity index (χ0n) is 15.4. The normalized spacial score (nSPS) is 20.2. The molecule has 1 aromatic carbocycles. The first kappa shape index (κ1) is 17.7. The number of aromatic nitrogens is 1. The van der Waals surface area contributed by atoms with Gasteiger partial charge in [-0.15, -0.1) is 0 Å². The number of pyridine rings is 1. The van der Waals surface area contributed by atoms with Gasteiger partial charge >= 0.3 is 0 Å². The molecule has 0 spiro atoms. The smallest absolute Gasteiger partial charge is 0.260 e. The standard InChI is InChI=1S/C22H25N3O2/c26-20(24-16-9-4-1-2-5-10-16)15-19-21-18(13-8-14-23-21)22(27)25(19)17-11-6-3-7-12-17/h3,6-8,11-14,16,19H,1-2,4-5,9-10,15H2,(H,24,26). The summed E-state index contributed by atoms with van der Waals surface area (Å²) in [5.41, 5.74) is 2.09. The summed E-state index contributed by atoms with van der Waals surface area (Å²) in [5.74, 6) is -0.0873. The maximum Gasteiger partial charge on any atom is 0.260 e. The van der Waals surface area contributed by atoms with Crippen molar-refractivity contribution in [1.29, 1.82) is 0 Å². The van der Waals surface area contributed by atoms with E-state index in [0.717, 1.165) is 18.5 Å². The highest BCUT2D eigenvalue weighted by molar-refractivity contribution is 6.11. The van der Waals surface area contributed by atoms with Crippen molar-refractivity contribution >= 4 is 17.5 Å². The Kier molecular flexibility index (Phi) is 5.19. The van der Waals surface area contributed by atoms with Crippen LogP contribution in [0.4, 0.5) is 5.69 Å². The third kappa shape index (κ3) is 3.72. The van der Waals surface area contributed by atoms with Crippen LogP contribution in [0.15, 0.2) is 48.7 Å². The average Bonchev–Trinajstić information content (AvgIpc) is 2.84. The van der Waals surface area contributed by atoms with E-state index in [9.17, 15) is 9.59 Å². The molecule has 27 heavy (non-hydrogen) atoms. The Morgan fingerprint density at radius 2 is 1.78 bits per heavy atom. The quantitative estimate of drug-likeness (QED) is 0.835. The monoisotopic (exact) mass is 363 g/mol. The van der Waals surface area contributed by atoms with Crippen LogP contribution < -0.4 is 10.2 Å². The molecule has 1 saturated carbocycles. The second-order valence-electron chi connectivity index (χ2n) is 7.42. The lowest BCUT2D eigenvalue weighted by atomic mass is 10.1. The molecular weight excluding hydrogens is 338 g/mol. The van der Waals surface area contributed by atoms with Gasteiger partial charge in [0.05, 0.1) is 23.7 Å². The summed E-state index contributed by atoms with van der Waals surface area (Å²) in [7, 11) is 0. The van der Waals surface area contributed by atoms with E-state index in [1.54, 1.807) is 23.2 Å². The number of fused-ring (bicyclic) bond motifs is 1. The minimum Gasteiger partial charge on any atom is -0.353 e. The van der Waals surface area contributed by atoms with Gasteiger partial charge in [0, 0.05) is 17.9 Å². The molecule has 1 aromatic heterocycles. The lowest BCUT2D eigenvalue weighted by molar-refractivity contribution is -0.122. The van der Waals surface area contributed by atoms with Crippen LogP contribution in [0, 0.1) is 0 Å². The molecule has 1 aliphatic heterocycles. The van der Waals surface area contributed by atoms with Crippen LogP contribution in [0.1, 0.15) is 67.0 Å². The minimum absolute atomic E-state index is 0.000802. The van der Waals surface area contributed by atoms with E-state index in [1.807, 2.05) is 30.3 Å². The fourth-order valence-corrected chi connectivity index (χ4v) is 4.22. The zero-order valence-corrected chi connectivity index (χ0v) is 15.4. The van der Waals surface area contributed by atoms with Gasteiger partial charge in [-0.1, -0.05) is 43.9 Å². The van der Waals surface area contributed by atoms with Crippen molar-refractivity contribution in [2.24, 2.45) is 0 Å². The van der Waals surface area contributed by atoms with Crippen molar-refractivity contribution in [3.05, 3.63) is 59.9 Å². The number of anilines is 1. The van der Waals surface area contributed by atoms with Crippen molar-refractivity contribution in [1.82, 2.24) is 10.3 Å². The maximum absolute atomic E-state index is 13.0. The Morgan fingerprint density at radius 3 is 2.52 bits per heavy atom. The third-order valence-corrected chi connectivity index (χ3v) is 5.55. The number of hydrogen-bond donors (Lipinski definition) is 1. The Hall–Kier alpha value is -2.69. The topological polar surface area (TPSA) is 62.3 Å². The van der Waals surface area contributed by atoms with Gasteiger partial charge in [0.15, 0.2) is 0 Å². The fraction of sp³-hybridized carbons (Fsp3) is 0.409. The van der Waals surface area contributed by atoms with Crippen LogP contribution in [0.25, 0.3) is 0 Å². The Morgan fingerprint density at radius 1 is 1.04 bits per heavy atom. The van der Waals surface area contributed by atoms with Crippen LogP contribution >= 0.6 is 0 Å². The van der Waals surface area contributed by atoms with Crippen LogP contribution in [-0.4, -0.2) is 22.8 Å². The summed E-state index contributed by atoms with van der Waals surface area (Å²) in [5, 5.41) is 3.20. The van der Waals surface area contributed by atoms with Crippen molar-refractivity contribution in [3.8, 4) is 0 Å². The molecule has 4 rings (SSSR count). The molecule has 2 heterocycles. The largest absolute Gasteiger partial charge is 0.353 e. The minimum atomic E-state index is -0.359. The van der Waals surface area contributed by atoms with Crippen molar-refractivity contribution in [3.63, 3.8) is 0 Å². The molecule has 5 heteroatoms. The van der Waals surface area contributed by atoms with E-state index >= 15 is 0 Å². The number of hydrogen-bond acceptors (Lipinski definition) is 3. The third-order valence-electron chi connectivity index (χ3n) is 5.55. The van der Waals surface area contributed by atoms with Crippen LogP contribution in [0.3, 0.4) is 0 Å². The average molecular weight is 363 g/mol. The molecule has 0 saturated heterocycles. The van der Waals surface area contributed by atoms with Gasteiger partial charge in [-0.05, 0) is 37.1 Å². The molecule has 2 aliphatic rings. The number of carbonyl (C=O) groups is 2. The Bertz CT molecular complexity index is 813. The molecular formula is C22H25N3O2. The lowest BCUT2D eigenvalue weighted by Crippen LogP contribution is -2.37. The number of nitrogens with one attached hydrogen (secondary N) is 1. The van der Waals surface area contributed by atoms with Crippen LogP contribution in [0.2, 0.25) is 0 Å². The molecule has 1 fully saturated rings. The van der Waals surface area contributed by atoms with Gasteiger partial charge < -0.3 is 5.32 Å². The number of nitrogens with zero attached hydrogens (tertiary/aromatic N) is 2. The van der Waals surface area contributed by atoms with Crippen molar-refractivity contribution in [2.75, 3.05) is 4.90 Å². The molecule has 0 bridgehead atoms. The maximum atomic E-state index is 13.0. The van der Waals surface area contributed by atoms with Crippen LogP contribution in [-0.2, 0) is 4.79 Å². The number of benzene rings is 1. The Balaban J connectivity index is 1.56. The van der Waals surface area contributed by atoms with Gasteiger partial charge in [0.25, 0.3) is 5.91 Å². The summed E-state index contributed by atoms with van der Waals surface area (Å²) >= 11 is 0. The summed E-state index contributed by atoms with van der Waals surface area (Å²) in [6, 6.07) is 13.0. The van der Waals surface area contributed by atoms with E-state index in [1.165, 1.54) is 25.7 Å². The summed E-state index contributed by atoms with van der Waals surface area (Å²) in [4.78, 5) is 31.9. The molecule has 5 nitrogen and oxygen atoms in total. The highest BCUT2D eigenvalue weighted by atomic mass is 16.2. The molecule has 2 aromatic rings. The second kappa shape index (κ2) is 7.91. The number of amides is 2. The molecule has 2 amide bonds. The van der Waals surface area contributed by atoms with Crippen molar-refractivity contribution in [2.45, 2.75) is 57.0 Å². The second-order valence-corrected chi connectivity index (χ2v) is 7.42. The first-order valence-electron chi connectivity index (χ1n) is 9.87. The molecule has 0 radical (unpaired) electrons. The summed E-state index contributed by atoms with van der Waals surface area (Å²) in [6.45, 7) is 0. The number of carbonyl (C=O) groups excluding carboxylic acids is 2. The van der Waals surface area contributed by atoms with Crippen LogP contribution in [0.5, 0.6) is 0 Å². The van der Waals surface area contributed by atoms with Gasteiger partial charge in [0.2, 0.25) is 5.91 Å². The Labute approximate surface area is 159 Å². The van der Waals surface area contributed by atoms with E-state index in [2.05, 4.69) is 10.3 Å². The van der Waals surface area contributed by atoms with E-state index in [4.69, 9.17) is 0 Å². The SMILES string of the molecule is O=C(CC1c2ncccc2C(=O)N1c1ccccc1)NC1CCCCCC1. The molecule has 140 valence electrons. The van der Waals surface area contributed by atoms with E-state index in [0.29, 0.717) is 11.3 Å². The fourth-order valence-electron chi connectivity index (χ4n) is 4.22. The highest BCUT2D eigenvalue weighted by Crippen LogP contribution is 2.38. The van der Waals surface area contributed by atoms with Gasteiger partial charge in [0.1, 0.15) is 0 Å². The zero-order chi connectivity index (χ0) is 18.6. The predicted molar refractivity (Wildman–Crippen MR) is 104 cm³/mol. The van der Waals surface area contributed by atoms with Gasteiger partial charge in [-0.3, -0.25) is 19.5 Å². The first-order valence-corrected chi connectivity index (χ1v) is 9.87. The molecule has 1 N–H and O–H groups in total. The number of para-hydroxylation sites is 1.